The third-order valence-corrected chi connectivity index (χ3v) is 3.49. The first-order valence-electron chi connectivity index (χ1n) is 4.34. The quantitative estimate of drug-likeness (QED) is 0.849. The summed E-state index contributed by atoms with van der Waals surface area (Å²) in [5.74, 6) is 0.507. The van der Waals surface area contributed by atoms with Gasteiger partial charge in [0.15, 0.2) is 0 Å². The summed E-state index contributed by atoms with van der Waals surface area (Å²) in [6, 6.07) is 6.03. The maximum Gasteiger partial charge on any atom is 0.247 e. The summed E-state index contributed by atoms with van der Waals surface area (Å²) in [6.45, 7) is 2.07. The molecule has 78 valence electrons. The number of aromatic nitrogens is 2. The average Bonchev–Trinajstić information content (AvgIpc) is 2.65. The zero-order valence-electron chi connectivity index (χ0n) is 8.32. The predicted octanol–water partition coefficient (Wildman–Crippen LogP) is 3.28. The smallest absolute Gasteiger partial charge is 0.247 e. The molecular formula is C10H9BrN2OS. The van der Waals surface area contributed by atoms with Gasteiger partial charge in [-0.15, -0.1) is 21.5 Å². The summed E-state index contributed by atoms with van der Waals surface area (Å²) in [5, 5.41) is 8.07. The largest absolute Gasteiger partial charge is 0.479 e. The van der Waals surface area contributed by atoms with Crippen molar-refractivity contribution in [3.05, 3.63) is 27.5 Å². The first-order chi connectivity index (χ1) is 7.20. The lowest BCUT2D eigenvalue weighted by Gasteiger charge is -2.01. The van der Waals surface area contributed by atoms with Crippen LogP contribution in [0.3, 0.4) is 0 Å². The highest BCUT2D eigenvalue weighted by molar-refractivity contribution is 9.10. The lowest BCUT2D eigenvalue weighted by atomic mass is 10.3. The van der Waals surface area contributed by atoms with E-state index in [1.165, 1.54) is 4.88 Å². The Morgan fingerprint density at radius 1 is 1.33 bits per heavy atom. The minimum absolute atomic E-state index is 0.507. The highest BCUT2D eigenvalue weighted by Crippen LogP contribution is 2.30. The van der Waals surface area contributed by atoms with Gasteiger partial charge >= 0.3 is 0 Å². The SMILES string of the molecule is COc1nnc(-c2ccc(C)s2)cc1Br. The lowest BCUT2D eigenvalue weighted by molar-refractivity contribution is 0.389. The molecule has 0 N–H and O–H groups in total. The van der Waals surface area contributed by atoms with E-state index in [4.69, 9.17) is 4.74 Å². The summed E-state index contributed by atoms with van der Waals surface area (Å²) < 4.78 is 5.84. The van der Waals surface area contributed by atoms with Crippen LogP contribution in [0.15, 0.2) is 22.7 Å². The van der Waals surface area contributed by atoms with Crippen molar-refractivity contribution < 1.29 is 4.74 Å². The Balaban J connectivity index is 2.42. The second-order valence-corrected chi connectivity index (χ2v) is 5.14. The third-order valence-electron chi connectivity index (χ3n) is 1.90. The Hall–Kier alpha value is -0.940. The molecule has 0 unspecified atom stereocenters. The van der Waals surface area contributed by atoms with Gasteiger partial charge in [-0.05, 0) is 41.1 Å². The topological polar surface area (TPSA) is 35.0 Å². The van der Waals surface area contributed by atoms with Crippen LogP contribution in [0.5, 0.6) is 5.88 Å². The molecule has 2 rings (SSSR count). The molecule has 0 saturated carbocycles. The summed E-state index contributed by atoms with van der Waals surface area (Å²) in [7, 11) is 1.57. The van der Waals surface area contributed by atoms with E-state index in [1.54, 1.807) is 18.4 Å². The van der Waals surface area contributed by atoms with Gasteiger partial charge in [0.25, 0.3) is 0 Å². The summed E-state index contributed by atoms with van der Waals surface area (Å²) in [4.78, 5) is 2.38. The number of hydrogen-bond acceptors (Lipinski definition) is 4. The van der Waals surface area contributed by atoms with E-state index in [2.05, 4.69) is 39.1 Å². The van der Waals surface area contributed by atoms with Crippen LogP contribution in [0.4, 0.5) is 0 Å². The Morgan fingerprint density at radius 2 is 2.13 bits per heavy atom. The van der Waals surface area contributed by atoms with Gasteiger partial charge in [-0.2, -0.15) is 0 Å². The van der Waals surface area contributed by atoms with Gasteiger partial charge in [-0.3, -0.25) is 0 Å². The van der Waals surface area contributed by atoms with Crippen LogP contribution in [0.2, 0.25) is 0 Å². The first-order valence-corrected chi connectivity index (χ1v) is 5.95. The molecule has 0 saturated heterocycles. The van der Waals surface area contributed by atoms with E-state index in [9.17, 15) is 0 Å². The van der Waals surface area contributed by atoms with E-state index < -0.39 is 0 Å². The minimum Gasteiger partial charge on any atom is -0.479 e. The number of ether oxygens (including phenoxy) is 1. The molecule has 2 heterocycles. The van der Waals surface area contributed by atoms with E-state index >= 15 is 0 Å². The zero-order valence-corrected chi connectivity index (χ0v) is 10.7. The van der Waals surface area contributed by atoms with E-state index in [1.807, 2.05) is 12.1 Å². The van der Waals surface area contributed by atoms with Crippen molar-refractivity contribution in [3.63, 3.8) is 0 Å². The van der Waals surface area contributed by atoms with Crippen molar-refractivity contribution in [1.29, 1.82) is 0 Å². The molecule has 0 bridgehead atoms. The lowest BCUT2D eigenvalue weighted by Crippen LogP contribution is -1.92. The number of aryl methyl sites for hydroxylation is 1. The van der Waals surface area contributed by atoms with Gasteiger partial charge < -0.3 is 4.74 Å². The zero-order chi connectivity index (χ0) is 10.8. The van der Waals surface area contributed by atoms with Crippen LogP contribution in [0, 0.1) is 6.92 Å². The highest BCUT2D eigenvalue weighted by atomic mass is 79.9. The number of hydrogen-bond donors (Lipinski definition) is 0. The van der Waals surface area contributed by atoms with Crippen LogP contribution in [0.25, 0.3) is 10.6 Å². The summed E-state index contributed by atoms with van der Waals surface area (Å²) >= 11 is 5.09. The van der Waals surface area contributed by atoms with Crippen molar-refractivity contribution in [2.45, 2.75) is 6.92 Å². The van der Waals surface area contributed by atoms with Crippen LogP contribution < -0.4 is 4.74 Å². The Labute approximate surface area is 100 Å². The van der Waals surface area contributed by atoms with Crippen molar-refractivity contribution in [3.8, 4) is 16.5 Å². The summed E-state index contributed by atoms with van der Waals surface area (Å²) in [6.07, 6.45) is 0. The molecule has 5 heteroatoms. The number of halogens is 1. The van der Waals surface area contributed by atoms with Crippen LogP contribution >= 0.6 is 27.3 Å². The molecular weight excluding hydrogens is 276 g/mol. The summed E-state index contributed by atoms with van der Waals surface area (Å²) in [5.41, 5.74) is 0.862. The van der Waals surface area contributed by atoms with Crippen molar-refractivity contribution >= 4 is 27.3 Å². The second-order valence-electron chi connectivity index (χ2n) is 3.00. The molecule has 0 spiro atoms. The molecule has 2 aromatic rings. The Kier molecular flexibility index (Phi) is 3.02. The molecule has 0 fully saturated rings. The molecule has 0 atom stereocenters. The molecule has 3 nitrogen and oxygen atoms in total. The van der Waals surface area contributed by atoms with Gasteiger partial charge in [-0.1, -0.05) is 0 Å². The van der Waals surface area contributed by atoms with Gasteiger partial charge in [0.1, 0.15) is 5.69 Å². The number of nitrogens with zero attached hydrogens (tertiary/aromatic N) is 2. The maximum absolute atomic E-state index is 5.02. The number of thiophene rings is 1. The molecule has 0 radical (unpaired) electrons. The standard InChI is InChI=1S/C10H9BrN2OS/c1-6-3-4-9(15-6)8-5-7(11)10(14-2)13-12-8/h3-5H,1-2H3. The normalized spacial score (nSPS) is 10.3. The first kappa shape index (κ1) is 10.6. The molecule has 15 heavy (non-hydrogen) atoms. The third kappa shape index (κ3) is 2.18. The van der Waals surface area contributed by atoms with Crippen molar-refractivity contribution in [2.24, 2.45) is 0 Å². The average molecular weight is 285 g/mol. The molecule has 2 aromatic heterocycles. The molecule has 0 aromatic carbocycles. The fourth-order valence-corrected chi connectivity index (χ4v) is 2.47. The van der Waals surface area contributed by atoms with Gasteiger partial charge in [0.2, 0.25) is 5.88 Å². The number of methoxy groups -OCH3 is 1. The Bertz CT molecular complexity index is 484. The molecule has 0 aliphatic rings. The second kappa shape index (κ2) is 4.28. The van der Waals surface area contributed by atoms with Crippen LogP contribution in [-0.2, 0) is 0 Å². The predicted molar refractivity (Wildman–Crippen MR) is 64.3 cm³/mol. The van der Waals surface area contributed by atoms with E-state index in [-0.39, 0.29) is 0 Å². The molecule has 0 amide bonds. The van der Waals surface area contributed by atoms with Crippen LogP contribution in [-0.4, -0.2) is 17.3 Å². The highest BCUT2D eigenvalue weighted by Gasteiger charge is 2.07. The van der Waals surface area contributed by atoms with E-state index in [0.29, 0.717) is 5.88 Å². The fourth-order valence-electron chi connectivity index (χ4n) is 1.19. The molecule has 0 aliphatic heterocycles. The van der Waals surface area contributed by atoms with E-state index in [0.717, 1.165) is 15.0 Å². The molecule has 0 aliphatic carbocycles. The monoisotopic (exact) mass is 284 g/mol. The van der Waals surface area contributed by atoms with Crippen molar-refractivity contribution in [1.82, 2.24) is 10.2 Å². The maximum atomic E-state index is 5.02. The Morgan fingerprint density at radius 3 is 2.67 bits per heavy atom. The number of rotatable bonds is 2. The van der Waals surface area contributed by atoms with Crippen LogP contribution in [0.1, 0.15) is 4.88 Å². The minimum atomic E-state index is 0.507. The van der Waals surface area contributed by atoms with Gasteiger partial charge in [0, 0.05) is 4.88 Å². The van der Waals surface area contributed by atoms with Gasteiger partial charge in [0.05, 0.1) is 16.5 Å². The van der Waals surface area contributed by atoms with Crippen molar-refractivity contribution in [2.75, 3.05) is 7.11 Å². The fraction of sp³-hybridized carbons (Fsp3) is 0.200. The van der Waals surface area contributed by atoms with Gasteiger partial charge in [-0.25, -0.2) is 0 Å².